The predicted octanol–water partition coefficient (Wildman–Crippen LogP) is 4.79. The van der Waals surface area contributed by atoms with Crippen LogP contribution < -0.4 is 9.80 Å². The molecule has 0 saturated carbocycles. The van der Waals surface area contributed by atoms with Crippen LogP contribution in [0.25, 0.3) is 5.57 Å². The third kappa shape index (κ3) is 3.05. The minimum absolute atomic E-state index is 0.308. The van der Waals surface area contributed by atoms with E-state index in [1.165, 1.54) is 17.0 Å². The van der Waals surface area contributed by atoms with Gasteiger partial charge in [-0.05, 0) is 66.8 Å². The third-order valence-corrected chi connectivity index (χ3v) is 5.95. The first-order chi connectivity index (χ1) is 15.0. The average molecular weight is 412 g/mol. The van der Waals surface area contributed by atoms with E-state index in [0.717, 1.165) is 28.8 Å². The summed E-state index contributed by atoms with van der Waals surface area (Å²) in [5.74, 6) is -1.13. The Hall–Kier alpha value is -3.73. The van der Waals surface area contributed by atoms with E-state index in [1.54, 1.807) is 12.1 Å². The zero-order valence-corrected chi connectivity index (χ0v) is 17.4. The van der Waals surface area contributed by atoms with Crippen LogP contribution in [0.5, 0.6) is 0 Å². The van der Waals surface area contributed by atoms with E-state index in [-0.39, 0.29) is 17.6 Å². The van der Waals surface area contributed by atoms with Gasteiger partial charge in [-0.3, -0.25) is 9.59 Å². The van der Waals surface area contributed by atoms with Crippen molar-refractivity contribution in [3.63, 3.8) is 0 Å². The molecule has 5 rings (SSSR count). The summed E-state index contributed by atoms with van der Waals surface area (Å²) in [6, 6.07) is 19.4. The number of rotatable bonds is 3. The van der Waals surface area contributed by atoms with Gasteiger partial charge >= 0.3 is 0 Å². The molecule has 0 atom stereocenters. The Balaban J connectivity index is 1.71. The van der Waals surface area contributed by atoms with Crippen molar-refractivity contribution in [3.8, 4) is 0 Å². The zero-order valence-electron chi connectivity index (χ0n) is 17.4. The van der Waals surface area contributed by atoms with Crippen LogP contribution in [-0.2, 0) is 16.0 Å². The SMILES string of the molecule is Cc1ccc(C)c(N2C(=O)C(c3ccc(F)cc3)=C(N3CCc4ccccc43)C2=O)c1. The standard InChI is InChI=1S/C26H21FN2O2/c1-16-7-8-17(2)22(15-16)29-25(30)23(19-9-11-20(27)12-10-19)24(26(29)31)28-14-13-18-5-3-4-6-21(18)28/h3-12,15H,13-14H2,1-2H3. The van der Waals surface area contributed by atoms with E-state index in [9.17, 15) is 14.0 Å². The molecule has 4 nitrogen and oxygen atoms in total. The first-order valence-electron chi connectivity index (χ1n) is 10.3. The molecule has 5 heteroatoms. The van der Waals surface area contributed by atoms with Gasteiger partial charge in [0, 0.05) is 12.2 Å². The number of hydrogen-bond acceptors (Lipinski definition) is 3. The minimum atomic E-state index is -0.388. The molecule has 2 aliphatic rings. The fraction of sp³-hybridized carbons (Fsp3) is 0.154. The highest BCUT2D eigenvalue weighted by atomic mass is 19.1. The van der Waals surface area contributed by atoms with Crippen LogP contribution in [0.2, 0.25) is 0 Å². The summed E-state index contributed by atoms with van der Waals surface area (Å²) in [5.41, 5.74) is 5.65. The van der Waals surface area contributed by atoms with E-state index in [0.29, 0.717) is 29.1 Å². The van der Waals surface area contributed by atoms with Gasteiger partial charge in [-0.15, -0.1) is 0 Å². The molecule has 3 aromatic carbocycles. The van der Waals surface area contributed by atoms with Gasteiger partial charge in [0.1, 0.15) is 11.5 Å². The number of benzene rings is 3. The lowest BCUT2D eigenvalue weighted by Crippen LogP contribution is -2.35. The number of imide groups is 1. The molecule has 2 aliphatic heterocycles. The Bertz CT molecular complexity index is 1260. The molecule has 0 spiro atoms. The highest BCUT2D eigenvalue weighted by Crippen LogP contribution is 2.40. The lowest BCUT2D eigenvalue weighted by molar-refractivity contribution is -0.120. The molecule has 0 N–H and O–H groups in total. The molecular formula is C26H21FN2O2. The molecule has 0 saturated heterocycles. The fourth-order valence-corrected chi connectivity index (χ4v) is 4.39. The number of hydrogen-bond donors (Lipinski definition) is 0. The van der Waals surface area contributed by atoms with Crippen molar-refractivity contribution in [2.45, 2.75) is 20.3 Å². The second-order valence-electron chi connectivity index (χ2n) is 8.00. The summed E-state index contributed by atoms with van der Waals surface area (Å²) in [7, 11) is 0. The fourth-order valence-electron chi connectivity index (χ4n) is 4.39. The van der Waals surface area contributed by atoms with Gasteiger partial charge in [-0.2, -0.15) is 0 Å². The summed E-state index contributed by atoms with van der Waals surface area (Å²) in [6.45, 7) is 4.43. The maximum atomic E-state index is 13.8. The van der Waals surface area contributed by atoms with E-state index in [2.05, 4.69) is 0 Å². The van der Waals surface area contributed by atoms with E-state index in [1.807, 2.05) is 61.2 Å². The number of nitrogens with zero attached hydrogens (tertiary/aromatic N) is 2. The van der Waals surface area contributed by atoms with Gasteiger partial charge < -0.3 is 4.90 Å². The van der Waals surface area contributed by atoms with Crippen molar-refractivity contribution in [1.82, 2.24) is 0 Å². The summed E-state index contributed by atoms with van der Waals surface area (Å²) in [4.78, 5) is 30.6. The predicted molar refractivity (Wildman–Crippen MR) is 119 cm³/mol. The number of fused-ring (bicyclic) bond motifs is 1. The second kappa shape index (κ2) is 7.20. The number of aryl methyl sites for hydroxylation is 2. The van der Waals surface area contributed by atoms with Crippen molar-refractivity contribution < 1.29 is 14.0 Å². The van der Waals surface area contributed by atoms with Gasteiger partial charge in [-0.25, -0.2) is 9.29 Å². The summed E-state index contributed by atoms with van der Waals surface area (Å²) in [5, 5.41) is 0. The maximum Gasteiger partial charge on any atom is 0.282 e. The van der Waals surface area contributed by atoms with Crippen molar-refractivity contribution in [1.29, 1.82) is 0 Å². The van der Waals surface area contributed by atoms with Crippen LogP contribution in [0.1, 0.15) is 22.3 Å². The zero-order chi connectivity index (χ0) is 21.7. The largest absolute Gasteiger partial charge is 0.336 e. The van der Waals surface area contributed by atoms with Crippen LogP contribution >= 0.6 is 0 Å². The van der Waals surface area contributed by atoms with Crippen molar-refractivity contribution >= 4 is 28.8 Å². The first kappa shape index (κ1) is 19.2. The van der Waals surface area contributed by atoms with Gasteiger partial charge in [-0.1, -0.05) is 42.5 Å². The molecule has 2 amide bonds. The Morgan fingerprint density at radius 1 is 0.839 bits per heavy atom. The molecule has 0 fully saturated rings. The summed E-state index contributed by atoms with van der Waals surface area (Å²) < 4.78 is 13.6. The van der Waals surface area contributed by atoms with Crippen molar-refractivity contribution in [2.24, 2.45) is 0 Å². The maximum absolute atomic E-state index is 13.8. The first-order valence-corrected chi connectivity index (χ1v) is 10.3. The second-order valence-corrected chi connectivity index (χ2v) is 8.00. The normalized spacial score (nSPS) is 15.8. The number of halogens is 1. The Labute approximate surface area is 180 Å². The van der Waals surface area contributed by atoms with E-state index < -0.39 is 0 Å². The lowest BCUT2D eigenvalue weighted by Gasteiger charge is -2.22. The molecule has 3 aromatic rings. The lowest BCUT2D eigenvalue weighted by atomic mass is 10.0. The number of para-hydroxylation sites is 1. The quantitative estimate of drug-likeness (QED) is 0.581. The Morgan fingerprint density at radius 3 is 2.35 bits per heavy atom. The average Bonchev–Trinajstić information content (AvgIpc) is 3.29. The number of carbonyl (C=O) groups is 2. The van der Waals surface area contributed by atoms with Crippen LogP contribution in [0.15, 0.2) is 72.4 Å². The molecule has 0 bridgehead atoms. The van der Waals surface area contributed by atoms with Crippen molar-refractivity contribution in [3.05, 3.63) is 100 Å². The monoisotopic (exact) mass is 412 g/mol. The summed E-state index contributed by atoms with van der Waals surface area (Å²) >= 11 is 0. The molecule has 154 valence electrons. The van der Waals surface area contributed by atoms with Crippen LogP contribution in [-0.4, -0.2) is 18.4 Å². The molecule has 0 aliphatic carbocycles. The van der Waals surface area contributed by atoms with Crippen LogP contribution in [0.4, 0.5) is 15.8 Å². The van der Waals surface area contributed by atoms with Gasteiger partial charge in [0.2, 0.25) is 0 Å². The van der Waals surface area contributed by atoms with Crippen molar-refractivity contribution in [2.75, 3.05) is 16.3 Å². The molecule has 0 radical (unpaired) electrons. The van der Waals surface area contributed by atoms with Gasteiger partial charge in [0.25, 0.3) is 11.8 Å². The minimum Gasteiger partial charge on any atom is -0.336 e. The highest BCUT2D eigenvalue weighted by Gasteiger charge is 2.44. The number of anilines is 2. The van der Waals surface area contributed by atoms with Gasteiger partial charge in [0.15, 0.2) is 0 Å². The highest BCUT2D eigenvalue weighted by molar-refractivity contribution is 6.46. The molecule has 31 heavy (non-hydrogen) atoms. The van der Waals surface area contributed by atoms with E-state index in [4.69, 9.17) is 0 Å². The third-order valence-electron chi connectivity index (χ3n) is 5.95. The molecule has 0 aromatic heterocycles. The van der Waals surface area contributed by atoms with E-state index >= 15 is 0 Å². The van der Waals surface area contributed by atoms with Crippen LogP contribution in [0.3, 0.4) is 0 Å². The number of carbonyl (C=O) groups excluding carboxylic acids is 2. The smallest absolute Gasteiger partial charge is 0.282 e. The van der Waals surface area contributed by atoms with Crippen LogP contribution in [0, 0.1) is 19.7 Å². The molecule has 2 heterocycles. The molecule has 0 unspecified atom stereocenters. The Kier molecular flexibility index (Phi) is 4.47. The Morgan fingerprint density at radius 2 is 1.58 bits per heavy atom. The number of amides is 2. The van der Waals surface area contributed by atoms with Gasteiger partial charge in [0.05, 0.1) is 11.3 Å². The molecular weight excluding hydrogens is 391 g/mol. The summed E-state index contributed by atoms with van der Waals surface area (Å²) in [6.07, 6.45) is 0.793. The topological polar surface area (TPSA) is 40.6 Å².